The molecule has 0 amide bonds. The zero-order chi connectivity index (χ0) is 9.84. The van der Waals surface area contributed by atoms with Gasteiger partial charge in [-0.15, -0.1) is 0 Å². The van der Waals surface area contributed by atoms with Crippen LogP contribution in [-0.4, -0.2) is 13.9 Å². The van der Waals surface area contributed by atoms with Crippen molar-refractivity contribution in [3.63, 3.8) is 0 Å². The quantitative estimate of drug-likeness (QED) is 0.735. The molecule has 0 aliphatic rings. The Balaban J connectivity index is 2.96. The largest absolute Gasteiger partial charge is 0.772 e. The molecule has 1 N–H and O–H groups in total. The highest BCUT2D eigenvalue weighted by molar-refractivity contribution is 7.78. The first kappa shape index (κ1) is 10.3. The summed E-state index contributed by atoms with van der Waals surface area (Å²) in [5.74, 6) is -0.930. The molecule has 0 fully saturated rings. The fourth-order valence-corrected chi connectivity index (χ4v) is 1.44. The minimum absolute atomic E-state index is 0.0832. The van der Waals surface area contributed by atoms with E-state index in [9.17, 15) is 13.2 Å². The van der Waals surface area contributed by atoms with Crippen LogP contribution >= 0.6 is 0 Å². The molecule has 1 unspecified atom stereocenters. The molecule has 0 heterocycles. The van der Waals surface area contributed by atoms with Gasteiger partial charge in [0.25, 0.3) is 0 Å². The molecular weight excluding hydrogens is 195 g/mol. The van der Waals surface area contributed by atoms with Crippen molar-refractivity contribution in [3.8, 4) is 0 Å². The van der Waals surface area contributed by atoms with Crippen molar-refractivity contribution in [3.05, 3.63) is 35.1 Å². The number of rotatable bonds is 3. The summed E-state index contributed by atoms with van der Waals surface area (Å²) in [6.45, 7) is -0.223. The summed E-state index contributed by atoms with van der Waals surface area (Å²) >= 11 is -2.31. The molecule has 13 heavy (non-hydrogen) atoms. The van der Waals surface area contributed by atoms with Crippen molar-refractivity contribution in [2.75, 3.05) is 0 Å². The first-order valence-electron chi connectivity index (χ1n) is 3.57. The lowest BCUT2D eigenvalue weighted by atomic mass is 10.1. The highest BCUT2D eigenvalue weighted by Gasteiger charge is 2.02. The van der Waals surface area contributed by atoms with Gasteiger partial charge in [-0.25, -0.2) is 4.39 Å². The molecule has 1 atom stereocenters. The number of hydrogen-bond acceptors (Lipinski definition) is 3. The third-order valence-corrected chi connectivity index (χ3v) is 2.11. The molecule has 0 spiro atoms. The van der Waals surface area contributed by atoms with Gasteiger partial charge < -0.3 is 9.66 Å². The van der Waals surface area contributed by atoms with E-state index in [4.69, 9.17) is 5.11 Å². The Bertz CT molecular complexity index is 327. The number of benzene rings is 1. The van der Waals surface area contributed by atoms with E-state index in [1.54, 1.807) is 0 Å². The van der Waals surface area contributed by atoms with E-state index in [1.807, 2.05) is 0 Å². The number of halogens is 1. The first-order chi connectivity index (χ1) is 6.13. The molecule has 5 heteroatoms. The van der Waals surface area contributed by atoms with Crippen LogP contribution in [0.4, 0.5) is 4.39 Å². The van der Waals surface area contributed by atoms with Gasteiger partial charge in [0.1, 0.15) is 5.82 Å². The van der Waals surface area contributed by atoms with Crippen molar-refractivity contribution in [1.29, 1.82) is 0 Å². The molecule has 72 valence electrons. The summed E-state index contributed by atoms with van der Waals surface area (Å²) in [5, 5.41) is 8.71. The second-order valence-electron chi connectivity index (χ2n) is 2.53. The lowest BCUT2D eigenvalue weighted by Gasteiger charge is -2.07. The van der Waals surface area contributed by atoms with Gasteiger partial charge in [0.15, 0.2) is 0 Å². The molecule has 1 rings (SSSR count). The van der Waals surface area contributed by atoms with E-state index >= 15 is 0 Å². The highest BCUT2D eigenvalue weighted by atomic mass is 32.2. The standard InChI is InChI=1S/C8H9FO3S/c9-8-2-1-6(4-10)3-7(8)5-13(11)12/h1-3,10H,4-5H2,(H,11,12)/p-1. The highest BCUT2D eigenvalue weighted by Crippen LogP contribution is 2.12. The summed E-state index contributed by atoms with van der Waals surface area (Å²) < 4.78 is 33.5. The Hall–Kier alpha value is -0.780. The fourth-order valence-electron chi connectivity index (χ4n) is 0.964. The summed E-state index contributed by atoms with van der Waals surface area (Å²) in [6, 6.07) is 3.89. The van der Waals surface area contributed by atoms with Crippen LogP contribution in [-0.2, 0) is 23.4 Å². The Labute approximate surface area is 77.5 Å². The molecule has 1 aromatic carbocycles. The molecule has 0 saturated carbocycles. The molecule has 3 nitrogen and oxygen atoms in total. The van der Waals surface area contributed by atoms with Crippen LogP contribution in [0.3, 0.4) is 0 Å². The molecular formula is C8H8FO3S-. The van der Waals surface area contributed by atoms with Gasteiger partial charge in [-0.1, -0.05) is 17.1 Å². The SMILES string of the molecule is O=S([O-])Cc1cc(CO)ccc1F. The van der Waals surface area contributed by atoms with Crippen LogP contribution < -0.4 is 0 Å². The van der Waals surface area contributed by atoms with Crippen molar-refractivity contribution in [1.82, 2.24) is 0 Å². The molecule has 1 aromatic rings. The predicted octanol–water partition coefficient (Wildman–Crippen LogP) is 0.697. The van der Waals surface area contributed by atoms with E-state index in [0.717, 1.165) is 6.07 Å². The summed E-state index contributed by atoms with van der Waals surface area (Å²) in [4.78, 5) is 0. The molecule has 0 aliphatic carbocycles. The smallest absolute Gasteiger partial charge is 0.127 e. The normalized spacial score (nSPS) is 12.8. The molecule has 0 aliphatic heterocycles. The third kappa shape index (κ3) is 2.87. The van der Waals surface area contributed by atoms with Gasteiger partial charge in [0, 0.05) is 5.75 Å². The molecule has 0 bridgehead atoms. The summed E-state index contributed by atoms with van der Waals surface area (Å²) in [5.41, 5.74) is 0.585. The van der Waals surface area contributed by atoms with Crippen molar-refractivity contribution in [2.45, 2.75) is 12.4 Å². The average molecular weight is 203 g/mol. The average Bonchev–Trinajstić information content (AvgIpc) is 2.08. The third-order valence-electron chi connectivity index (χ3n) is 1.57. The van der Waals surface area contributed by atoms with E-state index in [-0.39, 0.29) is 17.9 Å². The number of hydrogen-bond donors (Lipinski definition) is 1. The van der Waals surface area contributed by atoms with Crippen molar-refractivity contribution < 1.29 is 18.3 Å². The van der Waals surface area contributed by atoms with Crippen molar-refractivity contribution >= 4 is 11.1 Å². The van der Waals surface area contributed by atoms with Crippen LogP contribution in [0.2, 0.25) is 0 Å². The van der Waals surface area contributed by atoms with Gasteiger partial charge in [-0.05, 0) is 23.3 Å². The summed E-state index contributed by atoms with van der Waals surface area (Å²) in [6.07, 6.45) is 0. The Kier molecular flexibility index (Phi) is 3.53. The number of aliphatic hydroxyl groups is 1. The molecule has 0 aromatic heterocycles. The van der Waals surface area contributed by atoms with E-state index in [0.29, 0.717) is 5.56 Å². The zero-order valence-corrected chi connectivity index (χ0v) is 7.51. The maximum atomic E-state index is 12.9. The van der Waals surface area contributed by atoms with Gasteiger partial charge in [-0.2, -0.15) is 0 Å². The maximum absolute atomic E-state index is 12.9. The second-order valence-corrected chi connectivity index (χ2v) is 3.43. The van der Waals surface area contributed by atoms with Crippen molar-refractivity contribution in [2.24, 2.45) is 0 Å². The van der Waals surface area contributed by atoms with Gasteiger partial charge in [-0.3, -0.25) is 4.21 Å². The van der Waals surface area contributed by atoms with Crippen LogP contribution in [0.5, 0.6) is 0 Å². The monoisotopic (exact) mass is 203 g/mol. The Morgan fingerprint density at radius 2 is 2.23 bits per heavy atom. The van der Waals surface area contributed by atoms with Crippen LogP contribution in [0, 0.1) is 5.82 Å². The van der Waals surface area contributed by atoms with E-state index in [1.165, 1.54) is 12.1 Å². The van der Waals surface area contributed by atoms with E-state index < -0.39 is 16.9 Å². The lowest BCUT2D eigenvalue weighted by Crippen LogP contribution is -1.98. The minimum atomic E-state index is -2.31. The van der Waals surface area contributed by atoms with Crippen LogP contribution in [0.15, 0.2) is 18.2 Å². The minimum Gasteiger partial charge on any atom is -0.772 e. The first-order valence-corrected chi connectivity index (χ1v) is 4.82. The van der Waals surface area contributed by atoms with Crippen LogP contribution in [0.1, 0.15) is 11.1 Å². The Morgan fingerprint density at radius 3 is 2.77 bits per heavy atom. The topological polar surface area (TPSA) is 60.4 Å². The number of aliphatic hydroxyl groups excluding tert-OH is 1. The fraction of sp³-hybridized carbons (Fsp3) is 0.250. The second kappa shape index (κ2) is 4.45. The molecule has 0 radical (unpaired) electrons. The Morgan fingerprint density at radius 1 is 1.54 bits per heavy atom. The molecule has 0 saturated heterocycles. The van der Waals surface area contributed by atoms with Gasteiger partial charge in [0.2, 0.25) is 0 Å². The summed E-state index contributed by atoms with van der Waals surface area (Å²) in [7, 11) is 0. The van der Waals surface area contributed by atoms with E-state index in [2.05, 4.69) is 0 Å². The maximum Gasteiger partial charge on any atom is 0.127 e. The predicted molar refractivity (Wildman–Crippen MR) is 44.9 cm³/mol. The van der Waals surface area contributed by atoms with Gasteiger partial charge in [0.05, 0.1) is 6.61 Å². The lowest BCUT2D eigenvalue weighted by molar-refractivity contribution is 0.281. The zero-order valence-electron chi connectivity index (χ0n) is 6.70. The van der Waals surface area contributed by atoms with Gasteiger partial charge >= 0.3 is 0 Å². The van der Waals surface area contributed by atoms with Crippen LogP contribution in [0.25, 0.3) is 0 Å².